The molecule has 6 heteroatoms. The highest BCUT2D eigenvalue weighted by Gasteiger charge is 2.11. The van der Waals surface area contributed by atoms with E-state index in [2.05, 4.69) is 9.97 Å². The first-order valence-electron chi connectivity index (χ1n) is 6.90. The Morgan fingerprint density at radius 1 is 1.09 bits per heavy atom. The van der Waals surface area contributed by atoms with Gasteiger partial charge < -0.3 is 4.42 Å². The Morgan fingerprint density at radius 2 is 2.00 bits per heavy atom. The Kier molecular flexibility index (Phi) is 3.01. The highest BCUT2D eigenvalue weighted by molar-refractivity contribution is 5.80. The van der Waals surface area contributed by atoms with Crippen LogP contribution < -0.4 is 5.63 Å². The van der Waals surface area contributed by atoms with Gasteiger partial charge >= 0.3 is 5.63 Å². The molecule has 23 heavy (non-hydrogen) atoms. The lowest BCUT2D eigenvalue weighted by atomic mass is 10.1. The molecule has 0 aliphatic rings. The number of rotatable bonds is 2. The molecule has 0 amide bonds. The number of pyridine rings is 1. The van der Waals surface area contributed by atoms with E-state index in [1.807, 2.05) is 18.2 Å². The summed E-state index contributed by atoms with van der Waals surface area (Å²) in [5, 5.41) is 0.633. The van der Waals surface area contributed by atoms with Gasteiger partial charge in [-0.3, -0.25) is 4.57 Å². The third kappa shape index (κ3) is 2.40. The zero-order valence-electron chi connectivity index (χ0n) is 11.8. The van der Waals surface area contributed by atoms with Crippen LogP contribution in [0, 0.1) is 5.82 Å². The summed E-state index contributed by atoms with van der Waals surface area (Å²) in [5.41, 5.74) is 0.437. The maximum atomic E-state index is 13.2. The van der Waals surface area contributed by atoms with Crippen molar-refractivity contribution in [2.24, 2.45) is 0 Å². The summed E-state index contributed by atoms with van der Waals surface area (Å²) in [6.45, 7) is 0. The van der Waals surface area contributed by atoms with E-state index in [1.165, 1.54) is 12.1 Å². The standard InChI is InChI=1S/C17H10FN3O2/c18-12-5-4-11-7-13(17(22)23-15(11)8-12)14-9-21(10-20-14)16-3-1-2-6-19-16/h1-10H. The Labute approximate surface area is 129 Å². The van der Waals surface area contributed by atoms with Gasteiger partial charge in [0.25, 0.3) is 0 Å². The molecule has 3 aromatic heterocycles. The van der Waals surface area contributed by atoms with E-state index in [4.69, 9.17) is 4.42 Å². The Morgan fingerprint density at radius 3 is 2.83 bits per heavy atom. The minimum absolute atomic E-state index is 0.211. The molecule has 4 rings (SSSR count). The molecule has 0 unspecified atom stereocenters. The maximum absolute atomic E-state index is 13.2. The quantitative estimate of drug-likeness (QED) is 0.534. The summed E-state index contributed by atoms with van der Waals surface area (Å²) in [4.78, 5) is 20.6. The molecular weight excluding hydrogens is 297 g/mol. The summed E-state index contributed by atoms with van der Waals surface area (Å²) < 4.78 is 20.1. The first kappa shape index (κ1) is 13.4. The molecule has 1 aromatic carbocycles. The third-order valence-electron chi connectivity index (χ3n) is 3.47. The first-order chi connectivity index (χ1) is 11.2. The minimum atomic E-state index is -0.561. The zero-order valence-corrected chi connectivity index (χ0v) is 11.8. The monoisotopic (exact) mass is 307 g/mol. The molecule has 5 nitrogen and oxygen atoms in total. The molecule has 0 saturated heterocycles. The average molecular weight is 307 g/mol. The van der Waals surface area contributed by atoms with Crippen molar-refractivity contribution in [3.63, 3.8) is 0 Å². The van der Waals surface area contributed by atoms with Crippen molar-refractivity contribution in [3.05, 3.63) is 77.4 Å². The van der Waals surface area contributed by atoms with Gasteiger partial charge in [0.1, 0.15) is 23.5 Å². The van der Waals surface area contributed by atoms with Gasteiger partial charge in [0.05, 0.1) is 11.3 Å². The smallest absolute Gasteiger partial charge is 0.345 e. The van der Waals surface area contributed by atoms with Gasteiger partial charge in [-0.1, -0.05) is 6.07 Å². The van der Waals surface area contributed by atoms with Crippen LogP contribution in [0.2, 0.25) is 0 Å². The highest BCUT2D eigenvalue weighted by atomic mass is 19.1. The molecule has 0 fully saturated rings. The van der Waals surface area contributed by atoms with Gasteiger partial charge in [-0.05, 0) is 30.3 Å². The molecular formula is C17H10FN3O2. The van der Waals surface area contributed by atoms with Gasteiger partial charge in [-0.2, -0.15) is 0 Å². The number of halogens is 1. The van der Waals surface area contributed by atoms with Crippen LogP contribution in [0.1, 0.15) is 0 Å². The van der Waals surface area contributed by atoms with Crippen LogP contribution in [0.5, 0.6) is 0 Å². The van der Waals surface area contributed by atoms with Crippen LogP contribution in [-0.2, 0) is 0 Å². The van der Waals surface area contributed by atoms with Crippen molar-refractivity contribution in [1.82, 2.24) is 14.5 Å². The molecule has 0 bridgehead atoms. The van der Waals surface area contributed by atoms with E-state index in [-0.39, 0.29) is 5.58 Å². The second kappa shape index (κ2) is 5.17. The fourth-order valence-electron chi connectivity index (χ4n) is 2.36. The van der Waals surface area contributed by atoms with E-state index in [0.29, 0.717) is 22.5 Å². The van der Waals surface area contributed by atoms with Gasteiger partial charge in [0.15, 0.2) is 0 Å². The molecule has 0 atom stereocenters. The fourth-order valence-corrected chi connectivity index (χ4v) is 2.36. The van der Waals surface area contributed by atoms with Crippen molar-refractivity contribution >= 4 is 11.0 Å². The summed E-state index contributed by atoms with van der Waals surface area (Å²) in [6.07, 6.45) is 4.95. The Hall–Kier alpha value is -3.28. The molecule has 0 aliphatic heterocycles. The van der Waals surface area contributed by atoms with E-state index in [9.17, 15) is 9.18 Å². The van der Waals surface area contributed by atoms with Crippen molar-refractivity contribution in [2.75, 3.05) is 0 Å². The molecule has 4 aromatic rings. The van der Waals surface area contributed by atoms with Crippen LogP contribution in [0.25, 0.3) is 28.0 Å². The van der Waals surface area contributed by atoms with Crippen molar-refractivity contribution in [1.29, 1.82) is 0 Å². The maximum Gasteiger partial charge on any atom is 0.345 e. The molecule has 0 saturated carbocycles. The van der Waals surface area contributed by atoms with Crippen molar-refractivity contribution in [2.45, 2.75) is 0 Å². The molecule has 0 radical (unpaired) electrons. The lowest BCUT2D eigenvalue weighted by Crippen LogP contribution is -2.03. The molecule has 112 valence electrons. The zero-order chi connectivity index (χ0) is 15.8. The first-order valence-corrected chi connectivity index (χ1v) is 6.90. The fraction of sp³-hybridized carbons (Fsp3) is 0. The van der Waals surface area contributed by atoms with Gasteiger partial charge in [-0.15, -0.1) is 0 Å². The lowest BCUT2D eigenvalue weighted by molar-refractivity contribution is 0.556. The third-order valence-corrected chi connectivity index (χ3v) is 3.47. The predicted molar refractivity (Wildman–Crippen MR) is 82.8 cm³/mol. The summed E-state index contributed by atoms with van der Waals surface area (Å²) in [5.74, 6) is 0.242. The topological polar surface area (TPSA) is 60.9 Å². The normalized spacial score (nSPS) is 11.0. The number of imidazole rings is 1. The predicted octanol–water partition coefficient (Wildman–Crippen LogP) is 3.18. The van der Waals surface area contributed by atoms with Crippen molar-refractivity contribution in [3.8, 4) is 17.1 Å². The van der Waals surface area contributed by atoms with Gasteiger partial charge in [0.2, 0.25) is 0 Å². The van der Waals surface area contributed by atoms with E-state index < -0.39 is 11.4 Å². The van der Waals surface area contributed by atoms with Crippen molar-refractivity contribution < 1.29 is 8.81 Å². The van der Waals surface area contributed by atoms with E-state index in [1.54, 1.807) is 35.4 Å². The lowest BCUT2D eigenvalue weighted by Gasteiger charge is -2.00. The second-order valence-electron chi connectivity index (χ2n) is 4.98. The number of aromatic nitrogens is 3. The van der Waals surface area contributed by atoms with E-state index >= 15 is 0 Å². The minimum Gasteiger partial charge on any atom is -0.422 e. The summed E-state index contributed by atoms with van der Waals surface area (Å²) in [6, 6.07) is 11.2. The largest absolute Gasteiger partial charge is 0.422 e. The molecule has 3 heterocycles. The number of nitrogens with zero attached hydrogens (tertiary/aromatic N) is 3. The second-order valence-corrected chi connectivity index (χ2v) is 4.98. The van der Waals surface area contributed by atoms with Crippen LogP contribution >= 0.6 is 0 Å². The summed E-state index contributed by atoms with van der Waals surface area (Å²) >= 11 is 0. The SMILES string of the molecule is O=c1oc2cc(F)ccc2cc1-c1cn(-c2ccccn2)cn1. The van der Waals surface area contributed by atoms with Crippen LogP contribution in [0.4, 0.5) is 4.39 Å². The van der Waals surface area contributed by atoms with Gasteiger partial charge in [-0.25, -0.2) is 19.2 Å². The Balaban J connectivity index is 1.83. The highest BCUT2D eigenvalue weighted by Crippen LogP contribution is 2.21. The molecule has 0 N–H and O–H groups in total. The van der Waals surface area contributed by atoms with Crippen LogP contribution in [-0.4, -0.2) is 14.5 Å². The number of hydrogen-bond acceptors (Lipinski definition) is 4. The van der Waals surface area contributed by atoms with Crippen LogP contribution in [0.15, 0.2) is 70.4 Å². The number of hydrogen-bond donors (Lipinski definition) is 0. The number of benzene rings is 1. The molecule has 0 spiro atoms. The number of fused-ring (bicyclic) bond motifs is 1. The average Bonchev–Trinajstić information content (AvgIpc) is 3.05. The van der Waals surface area contributed by atoms with E-state index in [0.717, 1.165) is 0 Å². The summed E-state index contributed by atoms with van der Waals surface area (Å²) in [7, 11) is 0. The Bertz CT molecular complexity index is 1050. The molecule has 0 aliphatic carbocycles. The van der Waals surface area contributed by atoms with Crippen LogP contribution in [0.3, 0.4) is 0 Å². The van der Waals surface area contributed by atoms with Gasteiger partial charge in [0, 0.05) is 23.8 Å².